The largest absolute Gasteiger partial charge is 0.486 e. The van der Waals surface area contributed by atoms with Crippen molar-refractivity contribution in [2.24, 2.45) is 0 Å². The van der Waals surface area contributed by atoms with Crippen LogP contribution in [-0.2, 0) is 58.8 Å². The van der Waals surface area contributed by atoms with Crippen molar-refractivity contribution in [3.05, 3.63) is 28.2 Å². The molecule has 0 aromatic rings. The van der Waals surface area contributed by atoms with E-state index in [4.69, 9.17) is 37.0 Å². The van der Waals surface area contributed by atoms with Crippen molar-refractivity contribution in [2.75, 3.05) is 0 Å². The molecular formula is C45H81O12Si7Ti. The normalized spacial score (nSPS) is 43.6. The van der Waals surface area contributed by atoms with Gasteiger partial charge in [0.05, 0.1) is 0 Å². The third-order valence-corrected chi connectivity index (χ3v) is 50.2. The predicted molar refractivity (Wildman–Crippen MR) is 258 cm³/mol. The molecule has 12 nitrogen and oxygen atoms in total. The molecule has 11 aliphatic rings. The van der Waals surface area contributed by atoms with E-state index >= 15 is 0 Å². The molecule has 0 atom stereocenters. The van der Waals surface area contributed by atoms with Crippen molar-refractivity contribution in [2.45, 2.75) is 253 Å². The molecule has 0 amide bonds. The van der Waals surface area contributed by atoms with E-state index in [2.05, 4.69) is 34.6 Å². The van der Waals surface area contributed by atoms with Gasteiger partial charge in [-0.15, -0.1) is 0 Å². The summed E-state index contributed by atoms with van der Waals surface area (Å²) in [4.78, 5) is 40.7. The zero-order valence-corrected chi connectivity index (χ0v) is 48.9. The van der Waals surface area contributed by atoms with Crippen molar-refractivity contribution in [3.8, 4) is 0 Å². The summed E-state index contributed by atoms with van der Waals surface area (Å²) in [6.45, 7) is 11.0. The maximum Gasteiger partial charge on any atom is 0.486 e. The molecule has 1 radical (unpaired) electrons. The Hall–Kier alpha value is 1.23. The summed E-state index contributed by atoms with van der Waals surface area (Å²) in [5.41, 5.74) is 4.78. The molecule has 365 valence electrons. The number of hydrogen-bond donors (Lipinski definition) is 3. The van der Waals surface area contributed by atoms with Crippen LogP contribution >= 0.6 is 0 Å². The first-order valence-electron chi connectivity index (χ1n) is 26.3. The molecule has 65 heavy (non-hydrogen) atoms. The summed E-state index contributed by atoms with van der Waals surface area (Å²) in [5.74, 6) is 1.47. The van der Waals surface area contributed by atoms with Crippen molar-refractivity contribution < 1.29 is 73.1 Å². The quantitative estimate of drug-likeness (QED) is 0.209. The van der Waals surface area contributed by atoms with Crippen LogP contribution in [0.4, 0.5) is 0 Å². The van der Waals surface area contributed by atoms with Gasteiger partial charge in [0.1, 0.15) is 0 Å². The van der Waals surface area contributed by atoms with Gasteiger partial charge in [-0.05, 0) is 129 Å². The zero-order chi connectivity index (χ0) is 44.6. The van der Waals surface area contributed by atoms with E-state index in [-0.39, 0.29) is 60.5 Å². The molecule has 3 saturated heterocycles. The third kappa shape index (κ3) is 9.44. The van der Waals surface area contributed by atoms with Crippen LogP contribution in [0.5, 0.6) is 0 Å². The summed E-state index contributed by atoms with van der Waals surface area (Å²) >= 11 is 0. The predicted octanol–water partition coefficient (Wildman–Crippen LogP) is 11.6. The smallest absolute Gasteiger partial charge is 0.390 e. The first-order valence-corrected chi connectivity index (χ1v) is 39.1. The van der Waals surface area contributed by atoms with Crippen LogP contribution in [0.1, 0.15) is 214 Å². The molecule has 0 unspecified atom stereocenters. The average molecular weight is 1060 g/mol. The summed E-state index contributed by atoms with van der Waals surface area (Å²) in [7, 11) is -29.1. The standard InChI is InChI=1S/C35H66O12Si7.C10H15.Ti/c36-48(29-15-1-2-16-29)39-51(32-21-7-8-22-32)41-49(37,30-17-3-4-18-30)43-53(34-25-11-12-26-34)44-50(38,31-19-5-6-20-31)42-52(40-48,33-23-9-10-24-33)46-54(45-51,47-53)35-27-13-14-28-35;1-6-7(2)9(4)10(5)8(6)3;/h29-38H,1-28H2;1-5H3;. The number of rotatable bonds is 7. The molecule has 3 aliphatic heterocycles. The van der Waals surface area contributed by atoms with E-state index < -0.39 is 61.6 Å². The molecule has 0 aromatic carbocycles. The van der Waals surface area contributed by atoms with Crippen molar-refractivity contribution in [3.63, 3.8) is 0 Å². The van der Waals surface area contributed by atoms with Gasteiger partial charge >= 0.3 is 61.6 Å². The Balaban J connectivity index is 0.000000431. The van der Waals surface area contributed by atoms with Crippen LogP contribution in [0.25, 0.3) is 0 Å². The molecular weight excluding hydrogens is 977 g/mol. The van der Waals surface area contributed by atoms with Gasteiger partial charge in [0.2, 0.25) is 0 Å². The maximum absolute atomic E-state index is 13.6. The fourth-order valence-corrected chi connectivity index (χ4v) is 56.6. The fourth-order valence-electron chi connectivity index (χ4n) is 14.0. The summed E-state index contributed by atoms with van der Waals surface area (Å²) in [6, 6.07) is 0. The second-order valence-electron chi connectivity index (χ2n) is 22.2. The Bertz CT molecular complexity index is 1560. The van der Waals surface area contributed by atoms with Crippen molar-refractivity contribution in [1.29, 1.82) is 0 Å². The van der Waals surface area contributed by atoms with Crippen molar-refractivity contribution >= 4 is 61.6 Å². The summed E-state index contributed by atoms with van der Waals surface area (Å²) in [5, 5.41) is 0. The Morgan fingerprint density at radius 1 is 0.277 bits per heavy atom. The first kappa shape index (κ1) is 51.1. The minimum atomic E-state index is -4.28. The molecule has 20 heteroatoms. The molecule has 0 spiro atoms. The Kier molecular flexibility index (Phi) is 15.7. The van der Waals surface area contributed by atoms with Gasteiger partial charge in [0.15, 0.2) is 0 Å². The molecule has 3 N–H and O–H groups in total. The van der Waals surface area contributed by atoms with Crippen LogP contribution in [0.15, 0.2) is 22.3 Å². The van der Waals surface area contributed by atoms with Crippen LogP contribution < -0.4 is 0 Å². The topological polar surface area (TPSA) is 144 Å². The van der Waals surface area contributed by atoms with E-state index in [9.17, 15) is 14.4 Å². The van der Waals surface area contributed by atoms with E-state index in [1.165, 1.54) is 28.2 Å². The number of allylic oxidation sites excluding steroid dienone is 4. The van der Waals surface area contributed by atoms with Crippen LogP contribution in [0, 0.1) is 5.92 Å². The minimum absolute atomic E-state index is 0. The maximum atomic E-state index is 13.6. The molecule has 11 rings (SSSR count). The third-order valence-electron chi connectivity index (χ3n) is 18.4. The van der Waals surface area contributed by atoms with E-state index in [1.807, 2.05) is 0 Å². The Morgan fingerprint density at radius 2 is 0.446 bits per heavy atom. The molecule has 3 heterocycles. The minimum Gasteiger partial charge on any atom is -0.390 e. The number of fused-ring (bicyclic) bond motifs is 3. The van der Waals surface area contributed by atoms with Crippen molar-refractivity contribution in [1.82, 2.24) is 0 Å². The monoisotopic (exact) mass is 1060 g/mol. The second-order valence-corrected chi connectivity index (χ2v) is 43.9. The molecule has 0 aromatic heterocycles. The first-order chi connectivity index (χ1) is 30.7. The zero-order valence-electron chi connectivity index (χ0n) is 40.4. The van der Waals surface area contributed by atoms with Gasteiger partial charge in [0, 0.05) is 66.4 Å². The average Bonchev–Trinajstić information content (AvgIpc) is 4.12. The summed E-state index contributed by atoms with van der Waals surface area (Å²) in [6.07, 6.45) is 25.6. The van der Waals surface area contributed by atoms with E-state index in [0.717, 1.165) is 180 Å². The fraction of sp³-hybridized carbons (Fsp3) is 0.889. The SMILES string of the molecule is C[C]1C(C)=C(C)C(C)=C1C.O[Si]1(C2CCCC2)O[Si]2(C3CCCC3)O[Si](O)(C3CCCC3)O[Si]3(C4CCCC4)O[Si](O)(C4CCCC4)O[Si](C4CCCC4)(O1)O[Si](C1CCCC1)(O2)O3.[Ti]. The second kappa shape index (κ2) is 19.9. The van der Waals surface area contributed by atoms with Crippen LogP contribution in [0.2, 0.25) is 38.8 Å². The van der Waals surface area contributed by atoms with Gasteiger partial charge in [-0.2, -0.15) is 0 Å². The van der Waals surface area contributed by atoms with Gasteiger partial charge < -0.3 is 51.4 Å². The van der Waals surface area contributed by atoms with Gasteiger partial charge in [-0.3, -0.25) is 0 Å². The Morgan fingerprint density at radius 3 is 0.615 bits per heavy atom. The van der Waals surface area contributed by atoms with Gasteiger partial charge in [-0.1, -0.05) is 108 Å². The number of hydrogen-bond acceptors (Lipinski definition) is 12. The van der Waals surface area contributed by atoms with Crippen LogP contribution in [-0.4, -0.2) is 76.0 Å². The Labute approximate surface area is 413 Å². The summed E-state index contributed by atoms with van der Waals surface area (Å²) < 4.78 is 69.7. The van der Waals surface area contributed by atoms with E-state index in [0.29, 0.717) is 0 Å². The molecule has 8 aliphatic carbocycles. The molecule has 4 bridgehead atoms. The molecule has 7 saturated carbocycles. The van der Waals surface area contributed by atoms with Gasteiger partial charge in [-0.25, -0.2) is 0 Å². The van der Waals surface area contributed by atoms with Gasteiger partial charge in [0.25, 0.3) is 0 Å². The van der Waals surface area contributed by atoms with Crippen LogP contribution in [0.3, 0.4) is 0 Å². The molecule has 10 fully saturated rings. The van der Waals surface area contributed by atoms with E-state index in [1.54, 1.807) is 0 Å².